The lowest BCUT2D eigenvalue weighted by molar-refractivity contribution is 1.18. The summed E-state index contributed by atoms with van der Waals surface area (Å²) in [6.07, 6.45) is 0. The van der Waals surface area contributed by atoms with Gasteiger partial charge in [0.05, 0.1) is 80.5 Å². The molecule has 679 valence electrons. The molecule has 0 fully saturated rings. The molecule has 0 aliphatic rings. The average Bonchev–Trinajstić information content (AvgIpc) is 1.62. The molecule has 24 aromatic rings. The number of nitrogens with zero attached hydrogens (tertiary/aromatic N) is 10. The minimum Gasteiger partial charge on any atom is -0.399 e. The van der Waals surface area contributed by atoms with Gasteiger partial charge in [0.2, 0.25) is 0 Å². The summed E-state index contributed by atoms with van der Waals surface area (Å²) in [6.45, 7) is 14.7. The second-order valence-corrected chi connectivity index (χ2v) is 36.2. The molecular formula is C126H91BBr2IN12. The maximum Gasteiger partial charge on any atom is 0.187 e. The highest BCUT2D eigenvalue weighted by Gasteiger charge is 2.23. The van der Waals surface area contributed by atoms with Crippen LogP contribution in [0.3, 0.4) is 0 Å². The van der Waals surface area contributed by atoms with Gasteiger partial charge in [0.15, 0.2) is 11.4 Å². The molecule has 142 heavy (non-hydrogen) atoms. The van der Waals surface area contributed by atoms with Crippen molar-refractivity contribution in [1.82, 2.24) is 18.3 Å². The van der Waals surface area contributed by atoms with Crippen LogP contribution in [0.1, 0.15) is 26.0 Å². The Hall–Kier alpha value is -17.5. The van der Waals surface area contributed by atoms with Gasteiger partial charge in [-0.3, -0.25) is 0 Å². The standard InChI is InChI=1S/C62H40N6.C25H17N3.C18H12IN.C12H8Br2.C7H6N2.2CH4.B/c1-64-46-26-34-52(35-27-46)66(54-37-39-62-58(41-54)56-17-9-11-19-60(56)68(62)48-14-6-3-7-15-48)51-32-24-45(25-33-51)44-22-30-50(31-23-44)65(49-28-20-43(42-63)21-29-49)53-36-38-61-57(40-53)55-16-8-10-18-59(55)67(61)47-12-4-2-5-13-47;1-26-18-11-13-19(14-12-18)27-20-15-16-25-23(17-20)22-9-5-6-10-24(22)28(25)21-7-3-2-4-8-21;19-13-10-11-18-16(12-13)15-8-4-5-9-17(15)20(18)14-6-2-1-3-7-14;13-11-5-1-9(2-6-11)10-3-7-12(14)8-4-10;8-5-6-1-3-7(9)4-2-6;;;/h2-41H;2-17,27H;1-12H;1-8H;1-4H,9H2;2*1H4;. The molecule has 0 unspecified atom stereocenters. The van der Waals surface area contributed by atoms with Crippen LogP contribution >= 0.6 is 54.5 Å². The minimum absolute atomic E-state index is 0. The summed E-state index contributed by atoms with van der Waals surface area (Å²) in [5.41, 5.74) is 35.3. The van der Waals surface area contributed by atoms with Crippen molar-refractivity contribution in [1.29, 1.82) is 10.5 Å². The summed E-state index contributed by atoms with van der Waals surface area (Å²) in [5.74, 6) is 0. The topological polar surface area (TPSA) is 121 Å². The third kappa shape index (κ3) is 20.3. The van der Waals surface area contributed by atoms with Crippen molar-refractivity contribution in [2.45, 2.75) is 14.9 Å². The number of nitriles is 2. The van der Waals surface area contributed by atoms with E-state index in [9.17, 15) is 5.26 Å². The van der Waals surface area contributed by atoms with Crippen molar-refractivity contribution in [3.63, 3.8) is 0 Å². The van der Waals surface area contributed by atoms with Crippen molar-refractivity contribution in [3.05, 3.63) is 532 Å². The molecule has 0 atom stereocenters. The molecular weight excluding hydrogens is 1980 g/mol. The van der Waals surface area contributed by atoms with Gasteiger partial charge in [0.25, 0.3) is 0 Å². The predicted molar refractivity (Wildman–Crippen MR) is 613 cm³/mol. The van der Waals surface area contributed by atoms with Gasteiger partial charge in [-0.1, -0.05) is 265 Å². The van der Waals surface area contributed by atoms with E-state index in [1.54, 1.807) is 24.3 Å². The first kappa shape index (κ1) is 96.2. The Morgan fingerprint density at radius 1 is 0.268 bits per heavy atom. The first-order chi connectivity index (χ1) is 68.4. The first-order valence-electron chi connectivity index (χ1n) is 45.2. The van der Waals surface area contributed by atoms with E-state index in [2.05, 4.69) is 480 Å². The zero-order chi connectivity index (χ0) is 94.7. The van der Waals surface area contributed by atoms with Gasteiger partial charge in [-0.05, 0) is 312 Å². The third-order valence-corrected chi connectivity index (χ3v) is 26.3. The highest BCUT2D eigenvalue weighted by molar-refractivity contribution is 14.1. The lowest BCUT2D eigenvalue weighted by Gasteiger charge is -2.26. The lowest BCUT2D eigenvalue weighted by atomic mass is 10.0. The van der Waals surface area contributed by atoms with Crippen LogP contribution in [0, 0.1) is 39.4 Å². The molecule has 3 N–H and O–H groups in total. The SMILES string of the molecule is Brc1ccc(-c2ccc(Br)cc2)cc1.C.C.Ic1ccc2c(c1)c1ccccc1n2-c1ccccc1.N#Cc1ccc(N)cc1.[B].[C-]#[N+]c1ccc(N(c2ccc(-c3ccc(N(c4ccc(C#N)cc4)c4ccc5c(c4)c4ccccc4n5-c4ccccc4)cc3)cc2)c2ccc3c(c2)c2ccccc2n3-c2ccccc2)cc1.[C-]#[N+]c1ccc(Nc2ccc3c(c2)c2ccccc2n3-c2ccccc2)cc1. The van der Waals surface area contributed by atoms with Crippen LogP contribution in [0.15, 0.2) is 494 Å². The van der Waals surface area contributed by atoms with Crippen LogP contribution < -0.4 is 20.9 Å². The maximum absolute atomic E-state index is 9.67. The molecule has 12 nitrogen and oxygen atoms in total. The molecule has 4 heterocycles. The van der Waals surface area contributed by atoms with E-state index in [-0.39, 0.29) is 23.3 Å². The van der Waals surface area contributed by atoms with Gasteiger partial charge >= 0.3 is 0 Å². The van der Waals surface area contributed by atoms with Gasteiger partial charge in [0.1, 0.15) is 0 Å². The van der Waals surface area contributed by atoms with Crippen LogP contribution in [0.4, 0.5) is 62.6 Å². The van der Waals surface area contributed by atoms with E-state index in [4.69, 9.17) is 24.1 Å². The van der Waals surface area contributed by atoms with E-state index in [0.29, 0.717) is 28.2 Å². The molecule has 4 aromatic heterocycles. The predicted octanol–water partition coefficient (Wildman–Crippen LogP) is 36.3. The van der Waals surface area contributed by atoms with Crippen LogP contribution in [-0.2, 0) is 0 Å². The number of aromatic nitrogens is 4. The Labute approximate surface area is 858 Å². The number of hydrogen-bond donors (Lipinski definition) is 2. The van der Waals surface area contributed by atoms with E-state index >= 15 is 0 Å². The fourth-order valence-corrected chi connectivity index (χ4v) is 19.1. The molecule has 0 saturated heterocycles. The fraction of sp³-hybridized carbons (Fsp3) is 0.0159. The molecule has 0 saturated carbocycles. The number of fused-ring (bicyclic) bond motifs is 12. The Bertz CT molecular complexity index is 8450. The Kier molecular flexibility index (Phi) is 29.7. The molecule has 16 heteroatoms. The molecule has 3 radical (unpaired) electrons. The number of para-hydroxylation sites is 8. The molecule has 0 bridgehead atoms. The first-order valence-corrected chi connectivity index (χ1v) is 47.9. The number of halogens is 3. The smallest absolute Gasteiger partial charge is 0.187 e. The maximum atomic E-state index is 9.67. The monoisotopic (exact) mass is 2070 g/mol. The quantitative estimate of drug-likeness (QED) is 0.0484. The Morgan fingerprint density at radius 3 is 0.859 bits per heavy atom. The van der Waals surface area contributed by atoms with Gasteiger partial charge < -0.3 is 39.1 Å². The number of nitrogens with two attached hydrogens (primary N) is 1. The van der Waals surface area contributed by atoms with Crippen molar-refractivity contribution in [3.8, 4) is 57.1 Å². The Balaban J connectivity index is 0.000000151. The lowest BCUT2D eigenvalue weighted by Crippen LogP contribution is -2.10. The zero-order valence-electron chi connectivity index (χ0n) is 75.4. The number of rotatable bonds is 14. The van der Waals surface area contributed by atoms with Gasteiger partial charge in [-0.15, -0.1) is 0 Å². The van der Waals surface area contributed by atoms with Crippen LogP contribution in [0.2, 0.25) is 0 Å². The van der Waals surface area contributed by atoms with Crippen LogP contribution in [0.5, 0.6) is 0 Å². The summed E-state index contributed by atoms with van der Waals surface area (Å²) < 4.78 is 12.8. The fourth-order valence-electron chi connectivity index (χ4n) is 18.1. The van der Waals surface area contributed by atoms with Crippen molar-refractivity contribution >= 4 is 213 Å². The van der Waals surface area contributed by atoms with Crippen molar-refractivity contribution in [2.75, 3.05) is 20.9 Å². The molecule has 0 spiro atoms. The van der Waals surface area contributed by atoms with E-state index in [1.807, 2.05) is 91.0 Å². The van der Waals surface area contributed by atoms with Crippen LogP contribution in [-0.4, -0.2) is 26.7 Å². The third-order valence-electron chi connectivity index (χ3n) is 24.6. The van der Waals surface area contributed by atoms with E-state index in [0.717, 1.165) is 115 Å². The number of anilines is 9. The normalized spacial score (nSPS) is 10.6. The van der Waals surface area contributed by atoms with Crippen LogP contribution in [0.25, 0.3) is 142 Å². The minimum atomic E-state index is 0. The highest BCUT2D eigenvalue weighted by Crippen LogP contribution is 2.45. The van der Waals surface area contributed by atoms with Gasteiger partial charge in [-0.25, -0.2) is 9.69 Å². The summed E-state index contributed by atoms with van der Waals surface area (Å²) in [7, 11) is 0. The summed E-state index contributed by atoms with van der Waals surface area (Å²) in [4.78, 5) is 11.6. The second kappa shape index (κ2) is 43.9. The summed E-state index contributed by atoms with van der Waals surface area (Å²) in [6, 6.07) is 171. The van der Waals surface area contributed by atoms with E-state index in [1.165, 1.54) is 74.8 Å². The largest absolute Gasteiger partial charge is 0.399 e. The van der Waals surface area contributed by atoms with E-state index < -0.39 is 0 Å². The number of hydrogen-bond acceptors (Lipinski definition) is 6. The van der Waals surface area contributed by atoms with Gasteiger partial charge in [0, 0.05) is 138 Å². The number of nitrogen functional groups attached to an aromatic ring is 1. The number of benzene rings is 20. The highest BCUT2D eigenvalue weighted by atomic mass is 127. The molecule has 0 aliphatic heterocycles. The molecule has 20 aromatic carbocycles. The molecule has 24 rings (SSSR count). The summed E-state index contributed by atoms with van der Waals surface area (Å²) in [5, 5.41) is 31.2. The number of nitrogens with one attached hydrogen (secondary N) is 1. The summed E-state index contributed by atoms with van der Waals surface area (Å²) >= 11 is 9.22. The molecule has 0 aliphatic carbocycles. The second-order valence-electron chi connectivity index (χ2n) is 33.1. The van der Waals surface area contributed by atoms with Crippen molar-refractivity contribution in [2.24, 2.45) is 0 Å². The van der Waals surface area contributed by atoms with Gasteiger partial charge in [-0.2, -0.15) is 10.5 Å². The molecule has 0 amide bonds. The zero-order valence-corrected chi connectivity index (χ0v) is 80.8. The van der Waals surface area contributed by atoms with Crippen molar-refractivity contribution < 1.29 is 0 Å². The Morgan fingerprint density at radius 2 is 0.521 bits per heavy atom. The average molecular weight is 2070 g/mol.